The number of carbonyl (C=O) groups is 1. The van der Waals surface area contributed by atoms with E-state index >= 15 is 0 Å². The lowest BCUT2D eigenvalue weighted by molar-refractivity contribution is 0.0737. The van der Waals surface area contributed by atoms with Gasteiger partial charge in [0.25, 0.3) is 5.91 Å². The number of sulfone groups is 1. The summed E-state index contributed by atoms with van der Waals surface area (Å²) >= 11 is 0. The maximum atomic E-state index is 13.7. The van der Waals surface area contributed by atoms with Crippen LogP contribution in [0.25, 0.3) is 0 Å². The Morgan fingerprint density at radius 2 is 1.67 bits per heavy atom. The molecule has 0 bridgehead atoms. The van der Waals surface area contributed by atoms with E-state index in [4.69, 9.17) is 0 Å². The largest absolute Gasteiger partial charge is 0.335 e. The van der Waals surface area contributed by atoms with E-state index in [2.05, 4.69) is 0 Å². The zero-order chi connectivity index (χ0) is 18.1. The van der Waals surface area contributed by atoms with E-state index < -0.39 is 33.4 Å². The van der Waals surface area contributed by atoms with Crippen LogP contribution in [0, 0.1) is 11.6 Å². The van der Waals surface area contributed by atoms with E-state index in [0.29, 0.717) is 5.56 Å². The first-order valence-corrected chi connectivity index (χ1v) is 9.02. The molecule has 2 aromatic carbocycles. The first kappa shape index (κ1) is 18.1. The Kier molecular flexibility index (Phi) is 5.03. The number of rotatable bonds is 4. The van der Waals surface area contributed by atoms with Gasteiger partial charge in [0, 0.05) is 13.3 Å². The van der Waals surface area contributed by atoms with Crippen LogP contribution in [0.15, 0.2) is 47.4 Å². The molecule has 2 rings (SSSR count). The summed E-state index contributed by atoms with van der Waals surface area (Å²) in [4.78, 5) is 13.8. The summed E-state index contributed by atoms with van der Waals surface area (Å²) in [7, 11) is -1.83. The van der Waals surface area contributed by atoms with Crippen LogP contribution >= 0.6 is 0 Å². The Hall–Kier alpha value is -2.28. The van der Waals surface area contributed by atoms with Crippen molar-refractivity contribution in [1.29, 1.82) is 0 Å². The third-order valence-corrected chi connectivity index (χ3v) is 4.98. The standard InChI is InChI=1S/C17H17F2NO3S/c1-11(12-4-7-14(8-5-12)24(3,22)23)20(2)17(21)15-10-13(18)6-9-16(15)19/h4-11H,1-3H3. The molecule has 1 unspecified atom stereocenters. The molecule has 0 saturated heterocycles. The summed E-state index contributed by atoms with van der Waals surface area (Å²) in [5.41, 5.74) is 0.326. The molecule has 24 heavy (non-hydrogen) atoms. The minimum Gasteiger partial charge on any atom is -0.335 e. The Balaban J connectivity index is 2.27. The van der Waals surface area contributed by atoms with Crippen LogP contribution in [0.5, 0.6) is 0 Å². The number of carbonyl (C=O) groups excluding carboxylic acids is 1. The van der Waals surface area contributed by atoms with E-state index in [0.717, 1.165) is 24.5 Å². The van der Waals surface area contributed by atoms with Crippen LogP contribution in [-0.4, -0.2) is 32.5 Å². The summed E-state index contributed by atoms with van der Waals surface area (Å²) in [6.45, 7) is 1.71. The third kappa shape index (κ3) is 3.79. The molecule has 0 aliphatic carbocycles. The van der Waals surface area contributed by atoms with Crippen molar-refractivity contribution in [1.82, 2.24) is 4.90 Å². The van der Waals surface area contributed by atoms with Crippen molar-refractivity contribution in [2.75, 3.05) is 13.3 Å². The molecule has 2 aromatic rings. The second kappa shape index (κ2) is 6.68. The van der Waals surface area contributed by atoms with E-state index in [1.54, 1.807) is 19.1 Å². The molecule has 128 valence electrons. The van der Waals surface area contributed by atoms with Gasteiger partial charge in [0.05, 0.1) is 16.5 Å². The van der Waals surface area contributed by atoms with Gasteiger partial charge in [0.15, 0.2) is 9.84 Å². The topological polar surface area (TPSA) is 54.5 Å². The van der Waals surface area contributed by atoms with Crippen molar-refractivity contribution in [3.63, 3.8) is 0 Å². The molecular formula is C17H17F2NO3S. The smallest absolute Gasteiger partial charge is 0.257 e. The normalized spacial score (nSPS) is 12.7. The molecule has 7 heteroatoms. The molecule has 0 saturated carbocycles. The molecule has 0 radical (unpaired) electrons. The minimum absolute atomic E-state index is 0.170. The number of benzene rings is 2. The summed E-state index contributed by atoms with van der Waals surface area (Å²) in [5, 5.41) is 0. The fraction of sp³-hybridized carbons (Fsp3) is 0.235. The quantitative estimate of drug-likeness (QED) is 0.848. The number of halogens is 2. The minimum atomic E-state index is -3.31. The third-order valence-electron chi connectivity index (χ3n) is 3.85. The lowest BCUT2D eigenvalue weighted by Crippen LogP contribution is -2.30. The van der Waals surface area contributed by atoms with E-state index in [-0.39, 0.29) is 10.5 Å². The van der Waals surface area contributed by atoms with Crippen molar-refractivity contribution in [2.24, 2.45) is 0 Å². The maximum absolute atomic E-state index is 13.7. The van der Waals surface area contributed by atoms with Crippen LogP contribution in [0.2, 0.25) is 0 Å². The molecule has 0 aromatic heterocycles. The summed E-state index contributed by atoms with van der Waals surface area (Å²) < 4.78 is 49.9. The molecule has 1 amide bonds. The van der Waals surface area contributed by atoms with E-state index in [1.165, 1.54) is 24.1 Å². The number of nitrogens with zero attached hydrogens (tertiary/aromatic N) is 1. The predicted octanol–water partition coefficient (Wildman–Crippen LogP) is 3.20. The van der Waals surface area contributed by atoms with Gasteiger partial charge >= 0.3 is 0 Å². The molecule has 0 aliphatic heterocycles. The predicted molar refractivity (Wildman–Crippen MR) is 86.4 cm³/mol. The second-order valence-corrected chi connectivity index (χ2v) is 7.57. The number of hydrogen-bond donors (Lipinski definition) is 0. The summed E-state index contributed by atoms with van der Waals surface area (Å²) in [6.07, 6.45) is 1.10. The summed E-state index contributed by atoms with van der Waals surface area (Å²) in [5.74, 6) is -2.15. The van der Waals surface area contributed by atoms with Crippen LogP contribution in [0.4, 0.5) is 8.78 Å². The second-order valence-electron chi connectivity index (χ2n) is 5.56. The SMILES string of the molecule is CC(c1ccc(S(C)(=O)=O)cc1)N(C)C(=O)c1cc(F)ccc1F. The highest BCUT2D eigenvalue weighted by atomic mass is 32.2. The van der Waals surface area contributed by atoms with Crippen LogP contribution in [0.1, 0.15) is 28.9 Å². The van der Waals surface area contributed by atoms with Crippen LogP contribution in [-0.2, 0) is 9.84 Å². The van der Waals surface area contributed by atoms with Crippen LogP contribution in [0.3, 0.4) is 0 Å². The van der Waals surface area contributed by atoms with Gasteiger partial charge in [0.2, 0.25) is 0 Å². The highest BCUT2D eigenvalue weighted by molar-refractivity contribution is 7.90. The summed E-state index contributed by atoms with van der Waals surface area (Å²) in [6, 6.07) is 8.33. The first-order chi connectivity index (χ1) is 11.1. The average molecular weight is 353 g/mol. The van der Waals surface area contributed by atoms with Crippen LogP contribution < -0.4 is 0 Å². The van der Waals surface area contributed by atoms with Gasteiger partial charge < -0.3 is 4.90 Å². The van der Waals surface area contributed by atoms with Crippen molar-refractivity contribution in [2.45, 2.75) is 17.9 Å². The zero-order valence-electron chi connectivity index (χ0n) is 13.5. The molecule has 4 nitrogen and oxygen atoms in total. The number of hydrogen-bond acceptors (Lipinski definition) is 3. The van der Waals surface area contributed by atoms with E-state index in [1.807, 2.05) is 0 Å². The van der Waals surface area contributed by atoms with Gasteiger partial charge in [-0.05, 0) is 42.8 Å². The van der Waals surface area contributed by atoms with Gasteiger partial charge in [0.1, 0.15) is 11.6 Å². The molecule has 0 fully saturated rings. The highest BCUT2D eigenvalue weighted by Gasteiger charge is 2.22. The maximum Gasteiger partial charge on any atom is 0.257 e. The molecular weight excluding hydrogens is 336 g/mol. The Bertz CT molecular complexity index is 864. The average Bonchev–Trinajstić information content (AvgIpc) is 2.54. The Labute approximate surface area is 139 Å². The van der Waals surface area contributed by atoms with Crippen molar-refractivity contribution < 1.29 is 22.0 Å². The Morgan fingerprint density at radius 1 is 1.08 bits per heavy atom. The van der Waals surface area contributed by atoms with Crippen molar-refractivity contribution in [3.05, 3.63) is 65.2 Å². The van der Waals surface area contributed by atoms with Gasteiger partial charge in [-0.1, -0.05) is 12.1 Å². The lowest BCUT2D eigenvalue weighted by atomic mass is 10.1. The monoisotopic (exact) mass is 353 g/mol. The zero-order valence-corrected chi connectivity index (χ0v) is 14.3. The van der Waals surface area contributed by atoms with Crippen molar-refractivity contribution >= 4 is 15.7 Å². The van der Waals surface area contributed by atoms with Crippen molar-refractivity contribution in [3.8, 4) is 0 Å². The molecule has 0 N–H and O–H groups in total. The van der Waals surface area contributed by atoms with Gasteiger partial charge in [-0.15, -0.1) is 0 Å². The van der Waals surface area contributed by atoms with Gasteiger partial charge in [-0.3, -0.25) is 4.79 Å². The fourth-order valence-corrected chi connectivity index (χ4v) is 2.87. The Morgan fingerprint density at radius 3 is 2.21 bits per heavy atom. The first-order valence-electron chi connectivity index (χ1n) is 7.13. The molecule has 0 aliphatic rings. The molecule has 1 atom stereocenters. The highest BCUT2D eigenvalue weighted by Crippen LogP contribution is 2.23. The fourth-order valence-electron chi connectivity index (χ4n) is 2.24. The lowest BCUT2D eigenvalue weighted by Gasteiger charge is -2.25. The molecule has 0 spiro atoms. The van der Waals surface area contributed by atoms with Gasteiger partial charge in [-0.2, -0.15) is 0 Å². The molecule has 0 heterocycles. The van der Waals surface area contributed by atoms with Gasteiger partial charge in [-0.25, -0.2) is 17.2 Å². The van der Waals surface area contributed by atoms with E-state index in [9.17, 15) is 22.0 Å². The number of amides is 1.